The second kappa shape index (κ2) is 7.39. The molecule has 0 aromatic carbocycles. The van der Waals surface area contributed by atoms with Gasteiger partial charge in [-0.25, -0.2) is 4.98 Å². The summed E-state index contributed by atoms with van der Waals surface area (Å²) in [5.74, 6) is 2.77. The maximum absolute atomic E-state index is 13.0. The predicted molar refractivity (Wildman–Crippen MR) is 102 cm³/mol. The van der Waals surface area contributed by atoms with Crippen LogP contribution < -0.4 is 0 Å². The molecule has 1 atom stereocenters. The summed E-state index contributed by atoms with van der Waals surface area (Å²) in [6.07, 6.45) is 7.65. The Bertz CT molecular complexity index is 929. The fourth-order valence-corrected chi connectivity index (χ4v) is 3.87. The zero-order valence-corrected chi connectivity index (χ0v) is 15.8. The topological polar surface area (TPSA) is 64.2 Å². The molecule has 1 saturated heterocycles. The van der Waals surface area contributed by atoms with Gasteiger partial charge >= 0.3 is 0 Å². The van der Waals surface area contributed by atoms with Crippen molar-refractivity contribution in [3.63, 3.8) is 0 Å². The number of nitrogens with zero attached hydrogens (tertiary/aromatic N) is 4. The van der Waals surface area contributed by atoms with E-state index in [0.717, 1.165) is 36.7 Å². The summed E-state index contributed by atoms with van der Waals surface area (Å²) in [5, 5.41) is 0. The van der Waals surface area contributed by atoms with Gasteiger partial charge in [-0.05, 0) is 44.9 Å². The first-order valence-corrected chi connectivity index (χ1v) is 9.39. The zero-order valence-electron chi connectivity index (χ0n) is 15.8. The molecular weight excluding hydrogens is 340 g/mol. The molecule has 0 bridgehead atoms. The van der Waals surface area contributed by atoms with Crippen LogP contribution in [-0.4, -0.2) is 38.4 Å². The van der Waals surface area contributed by atoms with Gasteiger partial charge in [0.25, 0.3) is 5.91 Å². The molecular formula is C21H24N4O2. The van der Waals surface area contributed by atoms with Gasteiger partial charge in [0.15, 0.2) is 0 Å². The van der Waals surface area contributed by atoms with Gasteiger partial charge in [0.2, 0.25) is 0 Å². The highest BCUT2D eigenvalue weighted by Crippen LogP contribution is 2.28. The normalized spacial score (nSPS) is 17.3. The van der Waals surface area contributed by atoms with Crippen LogP contribution in [-0.2, 0) is 6.54 Å². The number of rotatable bonds is 4. The van der Waals surface area contributed by atoms with E-state index in [1.54, 1.807) is 0 Å². The number of amides is 1. The van der Waals surface area contributed by atoms with Crippen LogP contribution in [0, 0.1) is 13.8 Å². The molecule has 27 heavy (non-hydrogen) atoms. The van der Waals surface area contributed by atoms with E-state index in [0.29, 0.717) is 24.4 Å². The van der Waals surface area contributed by atoms with E-state index in [1.165, 1.54) is 0 Å². The van der Waals surface area contributed by atoms with Crippen LogP contribution in [0.15, 0.2) is 47.3 Å². The van der Waals surface area contributed by atoms with Gasteiger partial charge < -0.3 is 13.9 Å². The average molecular weight is 364 g/mol. The van der Waals surface area contributed by atoms with Crippen LogP contribution in [0.25, 0.3) is 0 Å². The Labute approximate surface area is 158 Å². The number of aryl methyl sites for hydroxylation is 2. The Balaban J connectivity index is 1.51. The second-order valence-corrected chi connectivity index (χ2v) is 7.15. The van der Waals surface area contributed by atoms with Crippen LogP contribution in [0.1, 0.15) is 52.2 Å². The third kappa shape index (κ3) is 3.65. The van der Waals surface area contributed by atoms with E-state index < -0.39 is 0 Å². The number of imidazole rings is 1. The van der Waals surface area contributed by atoms with Crippen molar-refractivity contribution in [1.29, 1.82) is 0 Å². The Hall–Kier alpha value is -2.89. The largest absolute Gasteiger partial charge is 0.466 e. The SMILES string of the molecule is Cc1cc(C(=O)N2CCCC(c3nccn3Cc3ccccn3)C2)c(C)o1. The summed E-state index contributed by atoms with van der Waals surface area (Å²) >= 11 is 0. The number of hydrogen-bond donors (Lipinski definition) is 0. The lowest BCUT2D eigenvalue weighted by Crippen LogP contribution is -2.39. The van der Waals surface area contributed by atoms with E-state index in [-0.39, 0.29) is 11.8 Å². The monoisotopic (exact) mass is 364 g/mol. The number of hydrogen-bond acceptors (Lipinski definition) is 4. The van der Waals surface area contributed by atoms with Gasteiger partial charge in [-0.3, -0.25) is 9.78 Å². The van der Waals surface area contributed by atoms with E-state index in [2.05, 4.69) is 14.5 Å². The van der Waals surface area contributed by atoms with Crippen molar-refractivity contribution in [3.8, 4) is 0 Å². The molecule has 1 aliphatic heterocycles. The molecule has 1 unspecified atom stereocenters. The first kappa shape index (κ1) is 17.5. The molecule has 0 radical (unpaired) electrons. The molecule has 0 aliphatic carbocycles. The standard InChI is InChI=1S/C21H24N4O2/c1-15-12-19(16(2)27-15)21(26)25-10-5-6-17(13-25)20-23-9-11-24(20)14-18-7-3-4-8-22-18/h3-4,7-9,11-12,17H,5-6,10,13-14H2,1-2H3. The summed E-state index contributed by atoms with van der Waals surface area (Å²) in [7, 11) is 0. The number of furan rings is 1. The molecule has 0 spiro atoms. The maximum atomic E-state index is 13.0. The van der Waals surface area contributed by atoms with Crippen LogP contribution in [0.5, 0.6) is 0 Å². The van der Waals surface area contributed by atoms with Crippen LogP contribution >= 0.6 is 0 Å². The zero-order chi connectivity index (χ0) is 18.8. The average Bonchev–Trinajstić information content (AvgIpc) is 3.28. The molecule has 1 amide bonds. The van der Waals surface area contributed by atoms with E-state index >= 15 is 0 Å². The fraction of sp³-hybridized carbons (Fsp3) is 0.381. The summed E-state index contributed by atoms with van der Waals surface area (Å²) in [5.41, 5.74) is 1.68. The second-order valence-electron chi connectivity index (χ2n) is 7.15. The van der Waals surface area contributed by atoms with Gasteiger partial charge in [0.1, 0.15) is 17.3 Å². The van der Waals surface area contributed by atoms with Gasteiger partial charge in [0.05, 0.1) is 17.8 Å². The number of carbonyl (C=O) groups excluding carboxylic acids is 1. The fourth-order valence-electron chi connectivity index (χ4n) is 3.87. The highest BCUT2D eigenvalue weighted by molar-refractivity contribution is 5.95. The molecule has 6 nitrogen and oxygen atoms in total. The van der Waals surface area contributed by atoms with Crippen LogP contribution in [0.4, 0.5) is 0 Å². The third-order valence-electron chi connectivity index (χ3n) is 5.15. The molecule has 1 fully saturated rings. The van der Waals surface area contributed by atoms with Crippen molar-refractivity contribution in [3.05, 3.63) is 71.5 Å². The highest BCUT2D eigenvalue weighted by atomic mass is 16.3. The lowest BCUT2D eigenvalue weighted by atomic mass is 9.96. The molecule has 4 rings (SSSR count). The van der Waals surface area contributed by atoms with E-state index in [4.69, 9.17) is 4.42 Å². The Morgan fingerprint density at radius 2 is 2.15 bits per heavy atom. The summed E-state index contributed by atoms with van der Waals surface area (Å²) in [6.45, 7) is 5.88. The number of pyridine rings is 1. The molecule has 140 valence electrons. The van der Waals surface area contributed by atoms with Crippen molar-refractivity contribution in [1.82, 2.24) is 19.4 Å². The van der Waals surface area contributed by atoms with E-state index in [9.17, 15) is 4.79 Å². The van der Waals surface area contributed by atoms with Crippen molar-refractivity contribution in [2.24, 2.45) is 0 Å². The quantitative estimate of drug-likeness (QED) is 0.710. The predicted octanol–water partition coefficient (Wildman–Crippen LogP) is 3.56. The number of piperidine rings is 1. The molecule has 0 N–H and O–H groups in total. The van der Waals surface area contributed by atoms with Crippen molar-refractivity contribution in [2.45, 2.75) is 39.2 Å². The first-order chi connectivity index (χ1) is 13.1. The number of likely N-dealkylation sites (tertiary alicyclic amines) is 1. The van der Waals surface area contributed by atoms with Crippen molar-refractivity contribution >= 4 is 5.91 Å². The minimum Gasteiger partial charge on any atom is -0.466 e. The van der Waals surface area contributed by atoms with Gasteiger partial charge in [-0.1, -0.05) is 6.07 Å². The lowest BCUT2D eigenvalue weighted by molar-refractivity contribution is 0.0701. The number of aromatic nitrogens is 3. The maximum Gasteiger partial charge on any atom is 0.257 e. The molecule has 6 heteroatoms. The molecule has 3 aromatic rings. The third-order valence-corrected chi connectivity index (χ3v) is 5.15. The molecule has 3 aromatic heterocycles. The minimum atomic E-state index is 0.0527. The highest BCUT2D eigenvalue weighted by Gasteiger charge is 2.29. The smallest absolute Gasteiger partial charge is 0.257 e. The van der Waals surface area contributed by atoms with E-state index in [1.807, 2.05) is 61.6 Å². The van der Waals surface area contributed by atoms with Crippen molar-refractivity contribution < 1.29 is 9.21 Å². The molecule has 1 aliphatic rings. The summed E-state index contributed by atoms with van der Waals surface area (Å²) in [6, 6.07) is 7.77. The summed E-state index contributed by atoms with van der Waals surface area (Å²) < 4.78 is 7.69. The lowest BCUT2D eigenvalue weighted by Gasteiger charge is -2.32. The van der Waals surface area contributed by atoms with Crippen LogP contribution in [0.2, 0.25) is 0 Å². The Kier molecular flexibility index (Phi) is 4.79. The Morgan fingerprint density at radius 3 is 2.89 bits per heavy atom. The van der Waals surface area contributed by atoms with Gasteiger partial charge in [-0.2, -0.15) is 0 Å². The molecule has 4 heterocycles. The van der Waals surface area contributed by atoms with Gasteiger partial charge in [0, 0.05) is 37.6 Å². The first-order valence-electron chi connectivity index (χ1n) is 9.39. The molecule has 0 saturated carbocycles. The van der Waals surface area contributed by atoms with Gasteiger partial charge in [-0.15, -0.1) is 0 Å². The number of carbonyl (C=O) groups is 1. The summed E-state index contributed by atoms with van der Waals surface area (Å²) in [4.78, 5) is 23.9. The van der Waals surface area contributed by atoms with Crippen molar-refractivity contribution in [2.75, 3.05) is 13.1 Å². The van der Waals surface area contributed by atoms with Crippen LogP contribution in [0.3, 0.4) is 0 Å². The Morgan fingerprint density at radius 1 is 1.26 bits per heavy atom. The minimum absolute atomic E-state index is 0.0527.